The first kappa shape index (κ1) is 16.0. The van der Waals surface area contributed by atoms with E-state index < -0.39 is 0 Å². The summed E-state index contributed by atoms with van der Waals surface area (Å²) in [5, 5.41) is 8.39. The molecule has 2 rings (SSSR count). The lowest BCUT2D eigenvalue weighted by atomic mass is 10.0. The lowest BCUT2D eigenvalue weighted by molar-refractivity contribution is 0.485. The maximum atomic E-state index is 14.1. The summed E-state index contributed by atoms with van der Waals surface area (Å²) in [6.45, 7) is 4.80. The van der Waals surface area contributed by atoms with Crippen LogP contribution in [0.25, 0.3) is 0 Å². The molecule has 2 aromatic rings. The van der Waals surface area contributed by atoms with Crippen LogP contribution in [0.5, 0.6) is 0 Å². The van der Waals surface area contributed by atoms with Crippen molar-refractivity contribution < 1.29 is 4.39 Å². The van der Waals surface area contributed by atoms with E-state index in [1.165, 1.54) is 6.07 Å². The van der Waals surface area contributed by atoms with Crippen LogP contribution in [0.3, 0.4) is 0 Å². The van der Waals surface area contributed by atoms with Crippen LogP contribution < -0.4 is 5.32 Å². The van der Waals surface area contributed by atoms with Crippen LogP contribution in [0.15, 0.2) is 24.3 Å². The number of rotatable bonds is 6. The summed E-state index contributed by atoms with van der Waals surface area (Å²) >= 11 is 6.31. The van der Waals surface area contributed by atoms with E-state index >= 15 is 0 Å². The normalized spacial score (nSPS) is 12.6. The monoisotopic (exact) mass is 309 g/mol. The lowest BCUT2D eigenvalue weighted by Crippen LogP contribution is -2.26. The highest BCUT2D eigenvalue weighted by molar-refractivity contribution is 6.31. The van der Waals surface area contributed by atoms with E-state index in [1.807, 2.05) is 26.1 Å². The number of hydrogen-bond acceptors (Lipinski definition) is 2. The molecule has 1 aromatic carbocycles. The molecule has 0 amide bonds. The molecule has 0 fully saturated rings. The molecule has 0 spiro atoms. The number of halogens is 2. The Labute approximate surface area is 130 Å². The van der Waals surface area contributed by atoms with Crippen molar-refractivity contribution in [2.45, 2.75) is 32.7 Å². The zero-order valence-corrected chi connectivity index (χ0v) is 13.4. The fourth-order valence-corrected chi connectivity index (χ4v) is 2.70. The third kappa shape index (κ3) is 3.63. The van der Waals surface area contributed by atoms with Crippen molar-refractivity contribution in [2.24, 2.45) is 7.05 Å². The number of hydrogen-bond donors (Lipinski definition) is 1. The largest absolute Gasteiger partial charge is 0.310 e. The molecule has 1 aromatic heterocycles. The van der Waals surface area contributed by atoms with Crippen LogP contribution >= 0.6 is 11.6 Å². The third-order valence-electron chi connectivity index (χ3n) is 3.58. The summed E-state index contributed by atoms with van der Waals surface area (Å²) < 4.78 is 15.9. The highest BCUT2D eigenvalue weighted by Gasteiger charge is 2.20. The lowest BCUT2D eigenvalue weighted by Gasteiger charge is -2.20. The molecule has 0 aliphatic carbocycles. The van der Waals surface area contributed by atoms with Gasteiger partial charge in [-0.05, 0) is 26.0 Å². The molecule has 0 aliphatic heterocycles. The van der Waals surface area contributed by atoms with Crippen LogP contribution in [0, 0.1) is 12.7 Å². The van der Waals surface area contributed by atoms with Gasteiger partial charge in [0.2, 0.25) is 0 Å². The van der Waals surface area contributed by atoms with E-state index in [-0.39, 0.29) is 11.9 Å². The summed E-state index contributed by atoms with van der Waals surface area (Å²) in [6, 6.07) is 6.76. The molecular formula is C16H21ClFN3. The quantitative estimate of drug-likeness (QED) is 0.879. The zero-order valence-electron chi connectivity index (χ0n) is 12.7. The first-order chi connectivity index (χ1) is 10.0. The molecule has 0 saturated carbocycles. The summed E-state index contributed by atoms with van der Waals surface area (Å²) in [4.78, 5) is 0. The molecule has 0 bridgehead atoms. The standard InChI is InChI=1S/C16H21ClFN3/c1-4-9-19-14(12-7-5-6-8-13(12)18)10-15-16(17)11(2)20-21(15)3/h5-8,14,19H,4,9-10H2,1-3H3. The van der Waals surface area contributed by atoms with E-state index in [1.54, 1.807) is 10.7 Å². The van der Waals surface area contributed by atoms with Crippen molar-refractivity contribution in [1.82, 2.24) is 15.1 Å². The minimum Gasteiger partial charge on any atom is -0.310 e. The van der Waals surface area contributed by atoms with Crippen molar-refractivity contribution in [3.05, 3.63) is 52.1 Å². The number of aryl methyl sites for hydroxylation is 2. The van der Waals surface area contributed by atoms with Gasteiger partial charge in [-0.25, -0.2) is 4.39 Å². The molecule has 1 N–H and O–H groups in total. The summed E-state index contributed by atoms with van der Waals surface area (Å²) in [6.07, 6.45) is 1.60. The Balaban J connectivity index is 2.31. The highest BCUT2D eigenvalue weighted by Crippen LogP contribution is 2.26. The Morgan fingerprint density at radius 2 is 2.10 bits per heavy atom. The molecule has 0 saturated heterocycles. The molecular weight excluding hydrogens is 289 g/mol. The molecule has 1 atom stereocenters. The van der Waals surface area contributed by atoms with Crippen LogP contribution in [-0.2, 0) is 13.5 Å². The summed E-state index contributed by atoms with van der Waals surface area (Å²) in [5.74, 6) is -0.193. The number of nitrogens with zero attached hydrogens (tertiary/aromatic N) is 2. The molecule has 0 radical (unpaired) electrons. The van der Waals surface area contributed by atoms with Crippen LogP contribution in [0.2, 0.25) is 5.02 Å². The maximum Gasteiger partial charge on any atom is 0.127 e. The second-order valence-electron chi connectivity index (χ2n) is 5.20. The Kier molecular flexibility index (Phi) is 5.37. The Morgan fingerprint density at radius 3 is 2.67 bits per heavy atom. The predicted octanol–water partition coefficient (Wildman–Crippen LogP) is 3.80. The van der Waals surface area contributed by atoms with Gasteiger partial charge < -0.3 is 5.32 Å². The molecule has 1 heterocycles. The fraction of sp³-hybridized carbons (Fsp3) is 0.438. The van der Waals surface area contributed by atoms with Crippen LogP contribution in [-0.4, -0.2) is 16.3 Å². The van der Waals surface area contributed by atoms with Gasteiger partial charge in [-0.15, -0.1) is 0 Å². The average molecular weight is 310 g/mol. The zero-order chi connectivity index (χ0) is 15.4. The molecule has 0 aliphatic rings. The van der Waals surface area contributed by atoms with Crippen molar-refractivity contribution in [3.8, 4) is 0 Å². The summed E-state index contributed by atoms with van der Waals surface area (Å²) in [5.41, 5.74) is 2.39. The first-order valence-corrected chi connectivity index (χ1v) is 7.58. The molecule has 3 nitrogen and oxygen atoms in total. The van der Waals surface area contributed by atoms with Gasteiger partial charge >= 0.3 is 0 Å². The van der Waals surface area contributed by atoms with E-state index in [4.69, 9.17) is 11.6 Å². The molecule has 21 heavy (non-hydrogen) atoms. The second kappa shape index (κ2) is 7.05. The topological polar surface area (TPSA) is 29.9 Å². The Hall–Kier alpha value is -1.39. The summed E-state index contributed by atoms with van der Waals surface area (Å²) in [7, 11) is 1.87. The molecule has 5 heteroatoms. The minimum absolute atomic E-state index is 0.113. The van der Waals surface area contributed by atoms with Crippen molar-refractivity contribution in [3.63, 3.8) is 0 Å². The Morgan fingerprint density at radius 1 is 1.38 bits per heavy atom. The van der Waals surface area contributed by atoms with Crippen molar-refractivity contribution in [1.29, 1.82) is 0 Å². The maximum absolute atomic E-state index is 14.1. The SMILES string of the molecule is CCCNC(Cc1c(Cl)c(C)nn1C)c1ccccc1F. The second-order valence-corrected chi connectivity index (χ2v) is 5.58. The minimum atomic E-state index is -0.193. The number of benzene rings is 1. The van der Waals surface area contributed by atoms with E-state index in [9.17, 15) is 4.39 Å². The van der Waals surface area contributed by atoms with E-state index in [2.05, 4.69) is 17.3 Å². The van der Waals surface area contributed by atoms with E-state index in [0.29, 0.717) is 17.0 Å². The van der Waals surface area contributed by atoms with Crippen LogP contribution in [0.4, 0.5) is 4.39 Å². The average Bonchev–Trinajstić information content (AvgIpc) is 2.70. The third-order valence-corrected chi connectivity index (χ3v) is 4.07. The molecule has 1 unspecified atom stereocenters. The number of aromatic nitrogens is 2. The smallest absolute Gasteiger partial charge is 0.127 e. The first-order valence-electron chi connectivity index (χ1n) is 7.20. The predicted molar refractivity (Wildman–Crippen MR) is 84.1 cm³/mol. The van der Waals surface area contributed by atoms with Gasteiger partial charge in [0.1, 0.15) is 5.82 Å². The molecule has 114 valence electrons. The van der Waals surface area contributed by atoms with Gasteiger partial charge in [0.15, 0.2) is 0 Å². The van der Waals surface area contributed by atoms with Crippen molar-refractivity contribution >= 4 is 11.6 Å². The van der Waals surface area contributed by atoms with Crippen molar-refractivity contribution in [2.75, 3.05) is 6.54 Å². The van der Waals surface area contributed by atoms with Gasteiger partial charge in [-0.3, -0.25) is 4.68 Å². The van der Waals surface area contributed by atoms with Gasteiger partial charge in [0.05, 0.1) is 16.4 Å². The highest BCUT2D eigenvalue weighted by atomic mass is 35.5. The Bertz CT molecular complexity index is 610. The van der Waals surface area contributed by atoms with Gasteiger partial charge in [-0.1, -0.05) is 36.7 Å². The van der Waals surface area contributed by atoms with E-state index in [0.717, 1.165) is 24.4 Å². The van der Waals surface area contributed by atoms with Gasteiger partial charge in [0.25, 0.3) is 0 Å². The number of nitrogens with one attached hydrogen (secondary N) is 1. The van der Waals surface area contributed by atoms with Gasteiger partial charge in [0, 0.05) is 25.1 Å². The van der Waals surface area contributed by atoms with Gasteiger partial charge in [-0.2, -0.15) is 5.10 Å². The fourth-order valence-electron chi connectivity index (χ4n) is 2.46. The van der Waals surface area contributed by atoms with Crippen LogP contribution in [0.1, 0.15) is 36.3 Å².